The third-order valence-electron chi connectivity index (χ3n) is 4.55. The third-order valence-corrected chi connectivity index (χ3v) is 4.55. The first-order chi connectivity index (χ1) is 12.2. The van der Waals surface area contributed by atoms with Gasteiger partial charge >= 0.3 is 0 Å². The lowest BCUT2D eigenvalue weighted by Gasteiger charge is -2.35. The summed E-state index contributed by atoms with van der Waals surface area (Å²) in [6.45, 7) is 5.58. The zero-order valence-corrected chi connectivity index (χ0v) is 14.5. The molecular formula is C20H21N3O2. The van der Waals surface area contributed by atoms with Crippen LogP contribution in [0.5, 0.6) is 5.75 Å². The van der Waals surface area contributed by atoms with Crippen LogP contribution in [-0.4, -0.2) is 22.8 Å². The summed E-state index contributed by atoms with van der Waals surface area (Å²) < 4.78 is 12.0. The lowest BCUT2D eigenvalue weighted by molar-refractivity contribution is 0.187. The van der Waals surface area contributed by atoms with Crippen molar-refractivity contribution >= 4 is 5.69 Å². The van der Waals surface area contributed by atoms with Gasteiger partial charge in [0.2, 0.25) is 11.8 Å². The molecule has 5 heteroatoms. The van der Waals surface area contributed by atoms with Crippen LogP contribution in [0, 0.1) is 6.92 Å². The Morgan fingerprint density at radius 3 is 2.72 bits per heavy atom. The van der Waals surface area contributed by atoms with Gasteiger partial charge in [-0.3, -0.25) is 0 Å². The molecule has 4 rings (SSSR count). The molecule has 0 unspecified atom stereocenters. The molecule has 25 heavy (non-hydrogen) atoms. The van der Waals surface area contributed by atoms with E-state index in [1.807, 2.05) is 49.4 Å². The van der Waals surface area contributed by atoms with Gasteiger partial charge in [-0.25, -0.2) is 0 Å². The molecule has 0 saturated heterocycles. The van der Waals surface area contributed by atoms with E-state index in [9.17, 15) is 0 Å². The molecule has 1 aromatic heterocycles. The van der Waals surface area contributed by atoms with E-state index in [1.54, 1.807) is 0 Å². The molecule has 2 aromatic carbocycles. The van der Waals surface area contributed by atoms with Crippen molar-refractivity contribution in [3.05, 3.63) is 60.0 Å². The van der Waals surface area contributed by atoms with E-state index < -0.39 is 0 Å². The monoisotopic (exact) mass is 335 g/mol. The fraction of sp³-hybridized carbons (Fsp3) is 0.300. The van der Waals surface area contributed by atoms with Gasteiger partial charge in [-0.05, 0) is 37.1 Å². The SMILES string of the molecule is CC[C@H]1CN(Cc2nnc(-c3ccccc3C)o2)c2ccccc2O1. The van der Waals surface area contributed by atoms with Crippen LogP contribution in [0.25, 0.3) is 11.5 Å². The van der Waals surface area contributed by atoms with E-state index in [0.29, 0.717) is 18.3 Å². The van der Waals surface area contributed by atoms with E-state index in [-0.39, 0.29) is 6.10 Å². The molecule has 0 N–H and O–H groups in total. The zero-order valence-electron chi connectivity index (χ0n) is 14.5. The van der Waals surface area contributed by atoms with Crippen molar-refractivity contribution in [2.45, 2.75) is 32.9 Å². The zero-order chi connectivity index (χ0) is 17.2. The Kier molecular flexibility index (Phi) is 4.14. The summed E-state index contributed by atoms with van der Waals surface area (Å²) in [5.41, 5.74) is 3.18. The Morgan fingerprint density at radius 2 is 1.88 bits per heavy atom. The minimum Gasteiger partial charge on any atom is -0.486 e. The smallest absolute Gasteiger partial charge is 0.248 e. The van der Waals surface area contributed by atoms with Crippen LogP contribution in [0.1, 0.15) is 24.8 Å². The van der Waals surface area contributed by atoms with Gasteiger partial charge in [0.1, 0.15) is 11.9 Å². The fourth-order valence-corrected chi connectivity index (χ4v) is 3.14. The highest BCUT2D eigenvalue weighted by Gasteiger charge is 2.25. The average molecular weight is 335 g/mol. The van der Waals surface area contributed by atoms with Crippen LogP contribution in [0.15, 0.2) is 52.9 Å². The molecule has 0 fully saturated rings. The summed E-state index contributed by atoms with van der Waals surface area (Å²) in [6, 6.07) is 16.1. The molecule has 128 valence electrons. The molecule has 3 aromatic rings. The van der Waals surface area contributed by atoms with Crippen LogP contribution in [-0.2, 0) is 6.54 Å². The summed E-state index contributed by atoms with van der Waals surface area (Å²) in [5.74, 6) is 2.10. The minimum atomic E-state index is 0.175. The van der Waals surface area contributed by atoms with Gasteiger partial charge in [-0.2, -0.15) is 0 Å². The van der Waals surface area contributed by atoms with Gasteiger partial charge in [-0.1, -0.05) is 37.3 Å². The Labute approximate surface area is 147 Å². The van der Waals surface area contributed by atoms with Crippen molar-refractivity contribution in [2.24, 2.45) is 0 Å². The van der Waals surface area contributed by atoms with Crippen molar-refractivity contribution in [3.63, 3.8) is 0 Å². The molecule has 1 aliphatic heterocycles. The number of benzene rings is 2. The number of aryl methyl sites for hydroxylation is 1. The normalized spacial score (nSPS) is 16.4. The van der Waals surface area contributed by atoms with E-state index in [1.165, 1.54) is 0 Å². The highest BCUT2D eigenvalue weighted by atomic mass is 16.5. The van der Waals surface area contributed by atoms with Crippen molar-refractivity contribution in [1.82, 2.24) is 10.2 Å². The van der Waals surface area contributed by atoms with E-state index >= 15 is 0 Å². The topological polar surface area (TPSA) is 51.4 Å². The summed E-state index contributed by atoms with van der Waals surface area (Å²) in [4.78, 5) is 2.25. The number of rotatable bonds is 4. The first-order valence-electron chi connectivity index (χ1n) is 8.63. The molecule has 2 heterocycles. The highest BCUT2D eigenvalue weighted by Crippen LogP contribution is 2.34. The van der Waals surface area contributed by atoms with Gasteiger partial charge in [-0.15, -0.1) is 10.2 Å². The second-order valence-corrected chi connectivity index (χ2v) is 6.31. The number of hydrogen-bond donors (Lipinski definition) is 0. The molecule has 1 atom stereocenters. The minimum absolute atomic E-state index is 0.175. The van der Waals surface area contributed by atoms with Gasteiger partial charge in [0.15, 0.2) is 0 Å². The average Bonchev–Trinajstić information content (AvgIpc) is 3.10. The maximum Gasteiger partial charge on any atom is 0.248 e. The van der Waals surface area contributed by atoms with E-state index in [4.69, 9.17) is 9.15 Å². The summed E-state index contributed by atoms with van der Waals surface area (Å²) in [7, 11) is 0. The molecule has 0 spiro atoms. The Bertz CT molecular complexity index is 875. The summed E-state index contributed by atoms with van der Waals surface area (Å²) in [5, 5.41) is 8.49. The Morgan fingerprint density at radius 1 is 1.08 bits per heavy atom. The second kappa shape index (κ2) is 6.59. The Hall–Kier alpha value is -2.82. The van der Waals surface area contributed by atoms with Gasteiger partial charge < -0.3 is 14.1 Å². The number of nitrogens with zero attached hydrogens (tertiary/aromatic N) is 3. The maximum atomic E-state index is 6.03. The first kappa shape index (κ1) is 15.7. The third kappa shape index (κ3) is 3.09. The van der Waals surface area contributed by atoms with Crippen LogP contribution < -0.4 is 9.64 Å². The molecule has 1 aliphatic rings. The predicted octanol–water partition coefficient (Wildman–Crippen LogP) is 4.22. The molecule has 0 saturated carbocycles. The van der Waals surface area contributed by atoms with Gasteiger partial charge in [0.05, 0.1) is 18.8 Å². The number of aromatic nitrogens is 2. The standard InChI is InChI=1S/C20H21N3O2/c1-3-15-12-23(17-10-6-7-11-18(17)24-15)13-19-21-22-20(25-19)16-9-5-4-8-14(16)2/h4-11,15H,3,12-13H2,1-2H3/t15-/m0/s1. The van der Waals surface area contributed by atoms with Crippen molar-refractivity contribution < 1.29 is 9.15 Å². The quantitative estimate of drug-likeness (QED) is 0.714. The number of ether oxygens (including phenoxy) is 1. The lowest BCUT2D eigenvalue weighted by Crippen LogP contribution is -2.39. The Balaban J connectivity index is 1.60. The summed E-state index contributed by atoms with van der Waals surface area (Å²) >= 11 is 0. The first-order valence-corrected chi connectivity index (χ1v) is 8.63. The molecule has 0 amide bonds. The van der Waals surface area contributed by atoms with Gasteiger partial charge in [0.25, 0.3) is 0 Å². The number of anilines is 1. The number of para-hydroxylation sites is 2. The summed E-state index contributed by atoms with van der Waals surface area (Å²) in [6.07, 6.45) is 1.14. The van der Waals surface area contributed by atoms with Crippen molar-refractivity contribution in [3.8, 4) is 17.2 Å². The van der Waals surface area contributed by atoms with E-state index in [2.05, 4.69) is 28.1 Å². The maximum absolute atomic E-state index is 6.03. The lowest BCUT2D eigenvalue weighted by atomic mass is 10.1. The molecule has 0 radical (unpaired) electrons. The van der Waals surface area contributed by atoms with Crippen LogP contribution in [0.3, 0.4) is 0 Å². The van der Waals surface area contributed by atoms with Crippen molar-refractivity contribution in [1.29, 1.82) is 0 Å². The van der Waals surface area contributed by atoms with E-state index in [0.717, 1.165) is 35.5 Å². The molecule has 0 aliphatic carbocycles. The van der Waals surface area contributed by atoms with Crippen LogP contribution in [0.2, 0.25) is 0 Å². The van der Waals surface area contributed by atoms with Crippen LogP contribution in [0.4, 0.5) is 5.69 Å². The molecule has 5 nitrogen and oxygen atoms in total. The van der Waals surface area contributed by atoms with Crippen molar-refractivity contribution in [2.75, 3.05) is 11.4 Å². The second-order valence-electron chi connectivity index (χ2n) is 6.31. The largest absolute Gasteiger partial charge is 0.486 e. The predicted molar refractivity (Wildman–Crippen MR) is 96.7 cm³/mol. The fourth-order valence-electron chi connectivity index (χ4n) is 3.14. The van der Waals surface area contributed by atoms with Gasteiger partial charge in [0, 0.05) is 5.56 Å². The van der Waals surface area contributed by atoms with Crippen LogP contribution >= 0.6 is 0 Å². The molecule has 0 bridgehead atoms. The number of hydrogen-bond acceptors (Lipinski definition) is 5. The molecular weight excluding hydrogens is 314 g/mol. The number of fused-ring (bicyclic) bond motifs is 1. The highest BCUT2D eigenvalue weighted by molar-refractivity contribution is 5.60.